The Morgan fingerprint density at radius 1 is 1.19 bits per heavy atom. The summed E-state index contributed by atoms with van der Waals surface area (Å²) in [5.74, 6) is 1.09. The van der Waals surface area contributed by atoms with Gasteiger partial charge in [0.25, 0.3) is 0 Å². The van der Waals surface area contributed by atoms with E-state index in [1.165, 1.54) is 4.90 Å². The van der Waals surface area contributed by atoms with Crippen LogP contribution in [0.15, 0.2) is 16.9 Å². The van der Waals surface area contributed by atoms with Crippen molar-refractivity contribution in [2.24, 2.45) is 4.99 Å². The second-order valence-corrected chi connectivity index (χ2v) is 6.89. The zero-order chi connectivity index (χ0) is 12.2. The average molecular weight is 245 g/mol. The Balaban J connectivity index is 2.54. The summed E-state index contributed by atoms with van der Waals surface area (Å²) < 4.78 is 16.1. The Hall–Kier alpha value is -0.533. The number of nitrogens with one attached hydrogen (secondary N) is 1. The second-order valence-electron chi connectivity index (χ2n) is 3.80. The van der Waals surface area contributed by atoms with E-state index in [1.54, 1.807) is 21.3 Å². The third-order valence-electron chi connectivity index (χ3n) is 2.83. The highest BCUT2D eigenvalue weighted by Gasteiger charge is 2.39. The van der Waals surface area contributed by atoms with Gasteiger partial charge in [0.15, 0.2) is 0 Å². The van der Waals surface area contributed by atoms with Gasteiger partial charge in [-0.3, -0.25) is 4.90 Å². The molecule has 0 aromatic rings. The molecule has 1 aliphatic rings. The van der Waals surface area contributed by atoms with Crippen LogP contribution in [0.5, 0.6) is 0 Å². The predicted octanol–water partition coefficient (Wildman–Crippen LogP) is 0.0427. The minimum absolute atomic E-state index is 0.780. The lowest BCUT2D eigenvalue weighted by molar-refractivity contribution is -0.742. The van der Waals surface area contributed by atoms with E-state index >= 15 is 0 Å². The summed E-state index contributed by atoms with van der Waals surface area (Å²) >= 11 is 0. The number of aliphatic imine (C=N–C) groups is 1. The molecule has 1 unspecified atom stereocenters. The Morgan fingerprint density at radius 3 is 2.12 bits per heavy atom. The number of rotatable bonds is 6. The number of amidine groups is 1. The van der Waals surface area contributed by atoms with Gasteiger partial charge >= 0.3 is 8.80 Å². The molecule has 0 saturated carbocycles. The van der Waals surface area contributed by atoms with Gasteiger partial charge in [-0.05, 0) is 6.92 Å². The largest absolute Gasteiger partial charge is 0.505 e. The molecule has 1 atom stereocenters. The van der Waals surface area contributed by atoms with E-state index in [-0.39, 0.29) is 0 Å². The molecule has 6 heteroatoms. The molecule has 0 spiro atoms. The van der Waals surface area contributed by atoms with Crippen molar-refractivity contribution < 1.29 is 18.2 Å². The molecular weight excluding hydrogens is 224 g/mol. The SMILES string of the molecule is CO[Si](CC[NH+]1C=C(C)N=C1C)(OC)OC. The number of nitrogens with zero attached hydrogens (tertiary/aromatic N) is 1. The first-order valence-electron chi connectivity index (χ1n) is 5.32. The van der Waals surface area contributed by atoms with Crippen molar-refractivity contribution in [3.05, 3.63) is 11.9 Å². The van der Waals surface area contributed by atoms with E-state index in [1.807, 2.05) is 13.8 Å². The van der Waals surface area contributed by atoms with Gasteiger partial charge < -0.3 is 13.3 Å². The number of hydrogen-bond donors (Lipinski definition) is 1. The van der Waals surface area contributed by atoms with Crippen molar-refractivity contribution in [2.75, 3.05) is 27.9 Å². The number of hydrogen-bond acceptors (Lipinski definition) is 4. The quantitative estimate of drug-likeness (QED) is 0.672. The first-order chi connectivity index (χ1) is 7.56. The Kier molecular flexibility index (Phi) is 4.82. The Morgan fingerprint density at radius 2 is 1.75 bits per heavy atom. The normalized spacial score (nSPS) is 20.9. The molecule has 0 aromatic heterocycles. The van der Waals surface area contributed by atoms with Crippen molar-refractivity contribution in [2.45, 2.75) is 19.9 Å². The van der Waals surface area contributed by atoms with Gasteiger partial charge in [0.2, 0.25) is 5.84 Å². The molecule has 0 bridgehead atoms. The third-order valence-corrected chi connectivity index (χ3v) is 5.55. The van der Waals surface area contributed by atoms with Crippen LogP contribution in [0.4, 0.5) is 0 Å². The molecule has 1 rings (SSSR count). The molecule has 1 aliphatic heterocycles. The first-order valence-corrected chi connectivity index (χ1v) is 7.25. The highest BCUT2D eigenvalue weighted by atomic mass is 28.4. The van der Waals surface area contributed by atoms with Crippen LogP contribution in [0.25, 0.3) is 0 Å². The third kappa shape index (κ3) is 2.99. The van der Waals surface area contributed by atoms with Crippen LogP contribution >= 0.6 is 0 Å². The van der Waals surface area contributed by atoms with Crippen LogP contribution < -0.4 is 4.90 Å². The summed E-state index contributed by atoms with van der Waals surface area (Å²) in [6, 6.07) is 0.780. The van der Waals surface area contributed by atoms with Crippen LogP contribution in [-0.2, 0) is 13.3 Å². The zero-order valence-electron chi connectivity index (χ0n) is 10.7. The van der Waals surface area contributed by atoms with E-state index in [2.05, 4.69) is 11.2 Å². The van der Waals surface area contributed by atoms with E-state index in [4.69, 9.17) is 13.3 Å². The Labute approximate surface area is 98.1 Å². The lowest BCUT2D eigenvalue weighted by Gasteiger charge is -2.24. The lowest BCUT2D eigenvalue weighted by Crippen LogP contribution is -3.09. The van der Waals surface area contributed by atoms with Crippen molar-refractivity contribution in [3.8, 4) is 0 Å². The summed E-state index contributed by atoms with van der Waals surface area (Å²) in [6.45, 7) is 4.91. The maximum atomic E-state index is 5.38. The minimum Gasteiger partial charge on any atom is -0.377 e. The summed E-state index contributed by atoms with van der Waals surface area (Å²) in [7, 11) is 2.48. The minimum atomic E-state index is -2.44. The lowest BCUT2D eigenvalue weighted by atomic mass is 10.5. The van der Waals surface area contributed by atoms with Crippen LogP contribution in [0, 0.1) is 0 Å². The van der Waals surface area contributed by atoms with Crippen LogP contribution in [0.1, 0.15) is 13.8 Å². The summed E-state index contributed by atoms with van der Waals surface area (Å²) in [4.78, 5) is 5.63. The molecule has 0 fully saturated rings. The Bertz CT molecular complexity index is 292. The molecule has 1 N–H and O–H groups in total. The fraction of sp³-hybridized carbons (Fsp3) is 0.700. The number of quaternary nitrogens is 1. The molecule has 0 aromatic carbocycles. The van der Waals surface area contributed by atoms with Gasteiger partial charge in [0.1, 0.15) is 6.20 Å². The highest BCUT2D eigenvalue weighted by molar-refractivity contribution is 6.60. The van der Waals surface area contributed by atoms with E-state index < -0.39 is 8.80 Å². The van der Waals surface area contributed by atoms with Crippen LogP contribution in [-0.4, -0.2) is 42.5 Å². The van der Waals surface area contributed by atoms with Crippen molar-refractivity contribution >= 4 is 14.6 Å². The molecule has 92 valence electrons. The van der Waals surface area contributed by atoms with Gasteiger partial charge in [0, 0.05) is 28.3 Å². The predicted molar refractivity (Wildman–Crippen MR) is 64.3 cm³/mol. The topological polar surface area (TPSA) is 44.5 Å². The molecule has 0 radical (unpaired) electrons. The van der Waals surface area contributed by atoms with E-state index in [0.29, 0.717) is 0 Å². The summed E-state index contributed by atoms with van der Waals surface area (Å²) in [5.41, 5.74) is 1.06. The number of allylic oxidation sites excluding steroid dienone is 1. The molecule has 1 heterocycles. The summed E-state index contributed by atoms with van der Waals surface area (Å²) in [6.07, 6.45) is 2.11. The fourth-order valence-corrected chi connectivity index (χ4v) is 3.51. The monoisotopic (exact) mass is 245 g/mol. The van der Waals surface area contributed by atoms with Crippen LogP contribution in [0.3, 0.4) is 0 Å². The highest BCUT2D eigenvalue weighted by Crippen LogP contribution is 2.10. The van der Waals surface area contributed by atoms with Crippen molar-refractivity contribution in [3.63, 3.8) is 0 Å². The standard InChI is InChI=1S/C10H20N2O3Si/c1-9-8-12(10(2)11-9)6-7-16(13-3,14-4)15-5/h8H,6-7H2,1-5H3/p+1. The van der Waals surface area contributed by atoms with Gasteiger partial charge in [-0.25, -0.2) is 4.99 Å². The van der Waals surface area contributed by atoms with Crippen molar-refractivity contribution in [1.29, 1.82) is 0 Å². The van der Waals surface area contributed by atoms with E-state index in [0.717, 1.165) is 24.1 Å². The average Bonchev–Trinajstić information content (AvgIpc) is 2.60. The molecule has 0 aliphatic carbocycles. The first kappa shape index (κ1) is 13.5. The molecular formula is C10H21N2O3Si+. The smallest absolute Gasteiger partial charge is 0.377 e. The fourth-order valence-electron chi connectivity index (χ4n) is 1.82. The van der Waals surface area contributed by atoms with Gasteiger partial charge in [0.05, 0.1) is 18.3 Å². The molecule has 0 amide bonds. The molecule has 16 heavy (non-hydrogen) atoms. The maximum absolute atomic E-state index is 5.38. The van der Waals surface area contributed by atoms with Crippen molar-refractivity contribution in [1.82, 2.24) is 0 Å². The summed E-state index contributed by atoms with van der Waals surface area (Å²) in [5, 5.41) is 0. The van der Waals surface area contributed by atoms with Gasteiger partial charge in [-0.2, -0.15) is 0 Å². The van der Waals surface area contributed by atoms with Gasteiger partial charge in [-0.1, -0.05) is 0 Å². The van der Waals surface area contributed by atoms with Gasteiger partial charge in [-0.15, -0.1) is 0 Å². The molecule has 0 saturated heterocycles. The zero-order valence-corrected chi connectivity index (χ0v) is 11.7. The van der Waals surface area contributed by atoms with Crippen LogP contribution in [0.2, 0.25) is 6.04 Å². The maximum Gasteiger partial charge on any atom is 0.505 e. The second kappa shape index (κ2) is 5.69. The van der Waals surface area contributed by atoms with E-state index in [9.17, 15) is 0 Å². The molecule has 5 nitrogen and oxygen atoms in total.